The summed E-state index contributed by atoms with van der Waals surface area (Å²) in [6.07, 6.45) is 0. The Balaban J connectivity index is 2.24. The maximum absolute atomic E-state index is 11.4. The van der Waals surface area contributed by atoms with Crippen molar-refractivity contribution in [2.24, 2.45) is 0 Å². The van der Waals surface area contributed by atoms with E-state index in [2.05, 4.69) is 0 Å². The zero-order valence-electron chi connectivity index (χ0n) is 9.51. The molecule has 98 valence electrons. The molecule has 0 aromatic rings. The minimum absolute atomic E-state index is 0.206. The van der Waals surface area contributed by atoms with Crippen LogP contribution in [0.2, 0.25) is 0 Å². The second-order valence-corrected chi connectivity index (χ2v) is 8.90. The van der Waals surface area contributed by atoms with E-state index in [1.807, 2.05) is 23.5 Å². The maximum Gasteiger partial charge on any atom is 0.198 e. The lowest BCUT2D eigenvalue weighted by atomic mass is 10.9. The van der Waals surface area contributed by atoms with Crippen LogP contribution >= 0.6 is 58.8 Å². The molecule has 1 aliphatic heterocycles. The molecule has 0 unspecified atom stereocenters. The van der Waals surface area contributed by atoms with Gasteiger partial charge >= 0.3 is 0 Å². The van der Waals surface area contributed by atoms with Crippen molar-refractivity contribution in [2.75, 3.05) is 46.0 Å². The van der Waals surface area contributed by atoms with E-state index in [9.17, 15) is 9.59 Å². The highest BCUT2D eigenvalue weighted by Crippen LogP contribution is 2.17. The van der Waals surface area contributed by atoms with Crippen LogP contribution in [0.1, 0.15) is 0 Å². The number of thioether (sulfide) groups is 5. The third-order valence-electron chi connectivity index (χ3n) is 1.79. The summed E-state index contributed by atoms with van der Waals surface area (Å²) >= 11 is 8.08. The van der Waals surface area contributed by atoms with Crippen molar-refractivity contribution >= 4 is 69.0 Å². The lowest BCUT2D eigenvalue weighted by molar-refractivity contribution is -0.109. The normalized spacial score (nSPS) is 22.8. The molecule has 0 aliphatic carbocycles. The van der Waals surface area contributed by atoms with Crippen LogP contribution in [0.15, 0.2) is 0 Å². The van der Waals surface area contributed by atoms with Crippen LogP contribution in [0, 0.1) is 0 Å². The van der Waals surface area contributed by atoms with Crippen LogP contribution in [0.4, 0.5) is 0 Å². The molecule has 0 amide bonds. The Labute approximate surface area is 124 Å². The zero-order chi connectivity index (χ0) is 12.3. The second-order valence-electron chi connectivity index (χ2n) is 3.16. The molecular formula is C10H16O2S5. The topological polar surface area (TPSA) is 34.1 Å². The van der Waals surface area contributed by atoms with Gasteiger partial charge in [0.15, 0.2) is 10.2 Å². The highest BCUT2D eigenvalue weighted by molar-refractivity contribution is 8.18. The van der Waals surface area contributed by atoms with Gasteiger partial charge in [0.1, 0.15) is 0 Å². The maximum atomic E-state index is 11.4. The Morgan fingerprint density at radius 1 is 0.588 bits per heavy atom. The van der Waals surface area contributed by atoms with Crippen LogP contribution < -0.4 is 0 Å². The first-order valence-corrected chi connectivity index (χ1v) is 10.8. The van der Waals surface area contributed by atoms with Gasteiger partial charge in [-0.05, 0) is 0 Å². The largest absolute Gasteiger partial charge is 0.286 e. The third kappa shape index (κ3) is 9.64. The number of hydrogen-bond donors (Lipinski definition) is 0. The Bertz CT molecular complexity index is 223. The van der Waals surface area contributed by atoms with E-state index in [-0.39, 0.29) is 10.2 Å². The van der Waals surface area contributed by atoms with Gasteiger partial charge < -0.3 is 0 Å². The molecule has 0 radical (unpaired) electrons. The monoisotopic (exact) mass is 328 g/mol. The van der Waals surface area contributed by atoms with Crippen molar-refractivity contribution in [3.63, 3.8) is 0 Å². The number of carbonyl (C=O) groups is 2. The van der Waals surface area contributed by atoms with E-state index in [0.29, 0.717) is 11.5 Å². The average Bonchev–Trinajstić information content (AvgIpc) is 2.31. The molecular weight excluding hydrogens is 312 g/mol. The molecule has 7 heteroatoms. The van der Waals surface area contributed by atoms with E-state index >= 15 is 0 Å². The van der Waals surface area contributed by atoms with Crippen LogP contribution in [0.3, 0.4) is 0 Å². The molecule has 1 rings (SSSR count). The van der Waals surface area contributed by atoms with Gasteiger partial charge in [0.05, 0.1) is 11.5 Å². The highest BCUT2D eigenvalue weighted by atomic mass is 32.2. The van der Waals surface area contributed by atoms with Crippen molar-refractivity contribution in [1.82, 2.24) is 0 Å². The molecule has 2 nitrogen and oxygen atoms in total. The van der Waals surface area contributed by atoms with Crippen LogP contribution in [0.25, 0.3) is 0 Å². The lowest BCUT2D eigenvalue weighted by Crippen LogP contribution is -2.03. The van der Waals surface area contributed by atoms with Gasteiger partial charge in [-0.1, -0.05) is 23.5 Å². The first-order chi connectivity index (χ1) is 8.29. The summed E-state index contributed by atoms with van der Waals surface area (Å²) in [4.78, 5) is 22.9. The Hall–Kier alpha value is 1.09. The summed E-state index contributed by atoms with van der Waals surface area (Å²) in [6, 6.07) is 0. The Morgan fingerprint density at radius 2 is 1.00 bits per heavy atom. The quantitative estimate of drug-likeness (QED) is 0.676. The molecule has 0 atom stereocenters. The summed E-state index contributed by atoms with van der Waals surface area (Å²) in [7, 11) is 0. The predicted molar refractivity (Wildman–Crippen MR) is 86.9 cm³/mol. The van der Waals surface area contributed by atoms with Gasteiger partial charge in [0.2, 0.25) is 0 Å². The molecule has 17 heavy (non-hydrogen) atoms. The van der Waals surface area contributed by atoms with Crippen molar-refractivity contribution in [3.05, 3.63) is 0 Å². The summed E-state index contributed by atoms with van der Waals surface area (Å²) in [6.45, 7) is 0. The average molecular weight is 329 g/mol. The summed E-state index contributed by atoms with van der Waals surface area (Å²) in [5, 5.41) is 0.412. The smallest absolute Gasteiger partial charge is 0.198 e. The fourth-order valence-corrected chi connectivity index (χ4v) is 6.07. The molecule has 0 bridgehead atoms. The molecule has 0 spiro atoms. The van der Waals surface area contributed by atoms with Crippen LogP contribution in [-0.4, -0.2) is 56.3 Å². The SMILES string of the molecule is O=C1CSCC(=O)SCCSCCSCCS1. The fourth-order valence-electron chi connectivity index (χ4n) is 1.05. The minimum Gasteiger partial charge on any atom is -0.286 e. The highest BCUT2D eigenvalue weighted by Gasteiger charge is 2.07. The van der Waals surface area contributed by atoms with Crippen molar-refractivity contribution < 1.29 is 9.59 Å². The molecule has 0 aromatic carbocycles. The van der Waals surface area contributed by atoms with E-state index in [4.69, 9.17) is 0 Å². The zero-order valence-corrected chi connectivity index (χ0v) is 13.6. The van der Waals surface area contributed by atoms with Crippen molar-refractivity contribution in [1.29, 1.82) is 0 Å². The Morgan fingerprint density at radius 3 is 1.47 bits per heavy atom. The van der Waals surface area contributed by atoms with Crippen molar-refractivity contribution in [3.8, 4) is 0 Å². The predicted octanol–water partition coefficient (Wildman–Crippen LogP) is 2.72. The summed E-state index contributed by atoms with van der Waals surface area (Å²) < 4.78 is 0. The number of carbonyl (C=O) groups excluding carboxylic acids is 2. The lowest BCUT2D eigenvalue weighted by Gasteiger charge is -2.00. The first kappa shape index (κ1) is 16.1. The standard InChI is InChI=1S/C10H16O2S5/c11-9-7-15-8-10(12)17-6-4-14-2-1-13-3-5-16-9/h1-8H2. The molecule has 1 saturated heterocycles. The van der Waals surface area contributed by atoms with E-state index in [1.54, 1.807) is 0 Å². The van der Waals surface area contributed by atoms with E-state index < -0.39 is 0 Å². The number of rotatable bonds is 0. The Kier molecular flexibility index (Phi) is 10.4. The van der Waals surface area contributed by atoms with Gasteiger partial charge in [0, 0.05) is 34.5 Å². The molecule has 0 saturated carbocycles. The van der Waals surface area contributed by atoms with E-state index in [1.165, 1.54) is 35.3 Å². The molecule has 1 fully saturated rings. The molecule has 0 aromatic heterocycles. The first-order valence-electron chi connectivity index (χ1n) is 5.33. The van der Waals surface area contributed by atoms with Gasteiger partial charge in [-0.3, -0.25) is 9.59 Å². The molecule has 1 aliphatic rings. The van der Waals surface area contributed by atoms with Crippen LogP contribution in [-0.2, 0) is 9.59 Å². The minimum atomic E-state index is 0.206. The summed E-state index contributed by atoms with van der Waals surface area (Å²) in [5.41, 5.74) is 0. The molecule has 0 N–H and O–H groups in total. The third-order valence-corrected chi connectivity index (χ3v) is 7.59. The number of hydrogen-bond acceptors (Lipinski definition) is 7. The van der Waals surface area contributed by atoms with Gasteiger partial charge in [-0.15, -0.1) is 11.8 Å². The second kappa shape index (κ2) is 11.0. The molecule has 1 heterocycles. The summed E-state index contributed by atoms with van der Waals surface area (Å²) in [5.74, 6) is 7.13. The fraction of sp³-hybridized carbons (Fsp3) is 0.800. The van der Waals surface area contributed by atoms with Crippen molar-refractivity contribution in [2.45, 2.75) is 0 Å². The van der Waals surface area contributed by atoms with Crippen LogP contribution in [0.5, 0.6) is 0 Å². The van der Waals surface area contributed by atoms with Gasteiger partial charge in [-0.2, -0.15) is 23.5 Å². The van der Waals surface area contributed by atoms with Gasteiger partial charge in [-0.25, -0.2) is 0 Å². The van der Waals surface area contributed by atoms with E-state index in [0.717, 1.165) is 34.5 Å². The van der Waals surface area contributed by atoms with Gasteiger partial charge in [0.25, 0.3) is 0 Å².